The minimum absolute atomic E-state index is 0.0344. The molecule has 0 aliphatic heterocycles. The van der Waals surface area contributed by atoms with Gasteiger partial charge in [-0.05, 0) is 32.4 Å². The van der Waals surface area contributed by atoms with Crippen molar-refractivity contribution in [3.8, 4) is 5.69 Å². The molecule has 0 fully saturated rings. The van der Waals surface area contributed by atoms with Crippen molar-refractivity contribution >= 4 is 11.9 Å². The zero-order valence-corrected chi connectivity index (χ0v) is 13.5. The van der Waals surface area contributed by atoms with Gasteiger partial charge in [0.2, 0.25) is 0 Å². The van der Waals surface area contributed by atoms with Gasteiger partial charge in [0, 0.05) is 20.0 Å². The fraction of sp³-hybridized carbons (Fsp3) is 0.375. The van der Waals surface area contributed by atoms with Crippen LogP contribution in [0.5, 0.6) is 0 Å². The van der Waals surface area contributed by atoms with Crippen LogP contribution in [-0.4, -0.2) is 50.5 Å². The van der Waals surface area contributed by atoms with Crippen LogP contribution in [0.2, 0.25) is 0 Å². The Morgan fingerprint density at radius 3 is 2.48 bits per heavy atom. The molecule has 0 aliphatic carbocycles. The lowest BCUT2D eigenvalue weighted by molar-refractivity contribution is -0.137. The summed E-state index contributed by atoms with van der Waals surface area (Å²) in [4.78, 5) is 24.4. The van der Waals surface area contributed by atoms with Crippen LogP contribution in [0.3, 0.4) is 0 Å². The van der Waals surface area contributed by atoms with E-state index in [1.54, 1.807) is 18.7 Å². The van der Waals surface area contributed by atoms with Crippen LogP contribution in [0.25, 0.3) is 5.69 Å². The summed E-state index contributed by atoms with van der Waals surface area (Å²) < 4.78 is 1.62. The number of hydrogen-bond acceptors (Lipinski definition) is 4. The number of hydrogen-bond donors (Lipinski definition) is 1. The number of aromatic nitrogens is 3. The first-order chi connectivity index (χ1) is 10.9. The van der Waals surface area contributed by atoms with Crippen molar-refractivity contribution < 1.29 is 14.7 Å². The molecule has 23 heavy (non-hydrogen) atoms. The zero-order chi connectivity index (χ0) is 17.0. The van der Waals surface area contributed by atoms with E-state index in [0.717, 1.165) is 11.3 Å². The molecule has 122 valence electrons. The van der Waals surface area contributed by atoms with Crippen LogP contribution < -0.4 is 0 Å². The van der Waals surface area contributed by atoms with Gasteiger partial charge in [-0.2, -0.15) is 0 Å². The first kappa shape index (κ1) is 16.7. The van der Waals surface area contributed by atoms with E-state index in [-0.39, 0.29) is 18.0 Å². The number of carbonyl (C=O) groups excluding carboxylic acids is 1. The predicted molar refractivity (Wildman–Crippen MR) is 84.7 cm³/mol. The van der Waals surface area contributed by atoms with Crippen molar-refractivity contribution in [2.75, 3.05) is 13.6 Å². The van der Waals surface area contributed by atoms with Crippen LogP contribution in [0.1, 0.15) is 34.6 Å². The second-order valence-electron chi connectivity index (χ2n) is 5.49. The van der Waals surface area contributed by atoms with Gasteiger partial charge in [-0.1, -0.05) is 22.9 Å². The molecule has 1 heterocycles. The highest BCUT2D eigenvalue weighted by Crippen LogP contribution is 2.14. The standard InChI is InChI=1S/C16H20N4O3/c1-11-6-8-13(9-7-11)20-12(2)15(17-18-20)16(23)19(3)10-4-5-14(21)22/h6-9H,4-5,10H2,1-3H3,(H,21,22). The number of carboxylic acids is 1. The van der Waals surface area contributed by atoms with Gasteiger partial charge in [-0.25, -0.2) is 4.68 Å². The number of rotatable bonds is 6. The molecule has 7 nitrogen and oxygen atoms in total. The molecule has 7 heteroatoms. The second-order valence-corrected chi connectivity index (χ2v) is 5.49. The summed E-state index contributed by atoms with van der Waals surface area (Å²) >= 11 is 0. The van der Waals surface area contributed by atoms with E-state index in [4.69, 9.17) is 5.11 Å². The molecule has 1 N–H and O–H groups in total. The molecule has 2 aromatic rings. The Hall–Kier alpha value is -2.70. The van der Waals surface area contributed by atoms with Crippen molar-refractivity contribution in [1.82, 2.24) is 19.9 Å². The van der Waals surface area contributed by atoms with Crippen LogP contribution in [0.4, 0.5) is 0 Å². The molecule has 0 radical (unpaired) electrons. The van der Waals surface area contributed by atoms with Crippen LogP contribution in [0, 0.1) is 13.8 Å². The molecule has 0 aliphatic rings. The molecule has 2 rings (SSSR count). The third kappa shape index (κ3) is 3.94. The fourth-order valence-electron chi connectivity index (χ4n) is 2.21. The summed E-state index contributed by atoms with van der Waals surface area (Å²) in [7, 11) is 1.63. The van der Waals surface area contributed by atoms with Gasteiger partial charge in [0.1, 0.15) is 0 Å². The zero-order valence-electron chi connectivity index (χ0n) is 13.5. The van der Waals surface area contributed by atoms with E-state index in [2.05, 4.69) is 10.3 Å². The van der Waals surface area contributed by atoms with E-state index in [0.29, 0.717) is 18.7 Å². The van der Waals surface area contributed by atoms with E-state index >= 15 is 0 Å². The molecule has 0 bridgehead atoms. The van der Waals surface area contributed by atoms with Gasteiger partial charge in [-0.15, -0.1) is 5.10 Å². The second kappa shape index (κ2) is 7.04. The minimum Gasteiger partial charge on any atom is -0.481 e. The number of carboxylic acid groups (broad SMARTS) is 1. The first-order valence-corrected chi connectivity index (χ1v) is 7.36. The molecule has 0 saturated carbocycles. The maximum Gasteiger partial charge on any atom is 0.303 e. The van der Waals surface area contributed by atoms with Gasteiger partial charge in [0.05, 0.1) is 11.4 Å². The molecule has 1 aromatic carbocycles. The van der Waals surface area contributed by atoms with Gasteiger partial charge in [-0.3, -0.25) is 9.59 Å². The Bertz CT molecular complexity index is 707. The highest BCUT2D eigenvalue weighted by molar-refractivity contribution is 5.93. The maximum absolute atomic E-state index is 12.4. The lowest BCUT2D eigenvalue weighted by atomic mass is 10.2. The number of benzene rings is 1. The maximum atomic E-state index is 12.4. The number of aliphatic carboxylic acids is 1. The smallest absolute Gasteiger partial charge is 0.303 e. The predicted octanol–water partition coefficient (Wildman–Crippen LogP) is 1.82. The summed E-state index contributed by atoms with van der Waals surface area (Å²) in [6.07, 6.45) is 0.440. The number of amides is 1. The van der Waals surface area contributed by atoms with Crippen molar-refractivity contribution in [3.63, 3.8) is 0 Å². The molecule has 1 amide bonds. The lowest BCUT2D eigenvalue weighted by Crippen LogP contribution is -2.29. The number of aryl methyl sites for hydroxylation is 1. The summed E-state index contributed by atoms with van der Waals surface area (Å²) in [5.41, 5.74) is 2.92. The summed E-state index contributed by atoms with van der Waals surface area (Å²) in [6, 6.07) is 7.77. The lowest BCUT2D eigenvalue weighted by Gasteiger charge is -2.15. The van der Waals surface area contributed by atoms with E-state index in [9.17, 15) is 9.59 Å². The normalized spacial score (nSPS) is 10.6. The average Bonchev–Trinajstić information content (AvgIpc) is 2.88. The van der Waals surface area contributed by atoms with Crippen LogP contribution >= 0.6 is 0 Å². The van der Waals surface area contributed by atoms with Gasteiger partial charge in [0.15, 0.2) is 5.69 Å². The van der Waals surface area contributed by atoms with E-state index in [1.165, 1.54) is 4.90 Å². The SMILES string of the molecule is Cc1ccc(-n2nnc(C(=O)N(C)CCCC(=O)O)c2C)cc1. The molecule has 0 spiro atoms. The first-order valence-electron chi connectivity index (χ1n) is 7.36. The summed E-state index contributed by atoms with van der Waals surface area (Å²) in [6.45, 7) is 4.15. The fourth-order valence-corrected chi connectivity index (χ4v) is 2.21. The average molecular weight is 316 g/mol. The van der Waals surface area contributed by atoms with Gasteiger partial charge < -0.3 is 10.0 Å². The molecular formula is C16H20N4O3. The molecule has 0 atom stereocenters. The Morgan fingerprint density at radius 1 is 1.22 bits per heavy atom. The Labute approximate surface area is 134 Å². The Balaban J connectivity index is 2.13. The van der Waals surface area contributed by atoms with Crippen molar-refractivity contribution in [2.24, 2.45) is 0 Å². The van der Waals surface area contributed by atoms with Gasteiger partial charge in [0.25, 0.3) is 5.91 Å². The minimum atomic E-state index is -0.868. The largest absolute Gasteiger partial charge is 0.481 e. The summed E-state index contributed by atoms with van der Waals surface area (Å²) in [5, 5.41) is 16.7. The molecular weight excluding hydrogens is 296 g/mol. The Kier molecular flexibility index (Phi) is 5.10. The number of nitrogens with zero attached hydrogens (tertiary/aromatic N) is 4. The molecule has 0 unspecified atom stereocenters. The third-order valence-electron chi connectivity index (χ3n) is 3.61. The topological polar surface area (TPSA) is 88.3 Å². The highest BCUT2D eigenvalue weighted by atomic mass is 16.4. The van der Waals surface area contributed by atoms with E-state index < -0.39 is 5.97 Å². The monoisotopic (exact) mass is 316 g/mol. The van der Waals surface area contributed by atoms with Crippen molar-refractivity contribution in [1.29, 1.82) is 0 Å². The van der Waals surface area contributed by atoms with Crippen LogP contribution in [-0.2, 0) is 4.79 Å². The number of carbonyl (C=O) groups is 2. The van der Waals surface area contributed by atoms with Crippen LogP contribution in [0.15, 0.2) is 24.3 Å². The van der Waals surface area contributed by atoms with Crippen molar-refractivity contribution in [3.05, 3.63) is 41.2 Å². The Morgan fingerprint density at radius 2 is 1.87 bits per heavy atom. The molecule has 1 aromatic heterocycles. The van der Waals surface area contributed by atoms with Gasteiger partial charge >= 0.3 is 5.97 Å². The summed E-state index contributed by atoms with van der Waals surface area (Å²) in [5.74, 6) is -1.13. The van der Waals surface area contributed by atoms with Crippen molar-refractivity contribution in [2.45, 2.75) is 26.7 Å². The molecule has 0 saturated heterocycles. The highest BCUT2D eigenvalue weighted by Gasteiger charge is 2.20. The third-order valence-corrected chi connectivity index (χ3v) is 3.61. The quantitative estimate of drug-likeness (QED) is 0.878. The van der Waals surface area contributed by atoms with E-state index in [1.807, 2.05) is 31.2 Å².